The van der Waals surface area contributed by atoms with Crippen LogP contribution in [0.3, 0.4) is 0 Å². The van der Waals surface area contributed by atoms with Crippen LogP contribution in [0.1, 0.15) is 25.5 Å². The summed E-state index contributed by atoms with van der Waals surface area (Å²) >= 11 is 5.37. The van der Waals surface area contributed by atoms with Crippen LogP contribution in [-0.2, 0) is 9.53 Å². The van der Waals surface area contributed by atoms with Crippen LogP contribution >= 0.6 is 12.2 Å². The summed E-state index contributed by atoms with van der Waals surface area (Å²) in [5.41, 5.74) is 2.21. The highest BCUT2D eigenvalue weighted by Crippen LogP contribution is 2.32. The maximum atomic E-state index is 12.5. The summed E-state index contributed by atoms with van der Waals surface area (Å²) < 4.78 is 10.8. The van der Waals surface area contributed by atoms with Crippen molar-refractivity contribution in [2.24, 2.45) is 0 Å². The molecule has 6 heteroatoms. The van der Waals surface area contributed by atoms with E-state index in [4.69, 9.17) is 21.7 Å². The van der Waals surface area contributed by atoms with E-state index in [0.717, 1.165) is 11.3 Å². The zero-order chi connectivity index (χ0) is 17.7. The van der Waals surface area contributed by atoms with Crippen LogP contribution < -0.4 is 10.1 Å². The monoisotopic (exact) mass is 346 g/mol. The summed E-state index contributed by atoms with van der Waals surface area (Å²) in [6.07, 6.45) is 1.68. The van der Waals surface area contributed by atoms with Crippen molar-refractivity contribution in [3.8, 4) is 5.75 Å². The number of carbonyl (C=O) groups excluding carboxylic acids is 1. The molecule has 1 atom stereocenters. The molecule has 0 spiro atoms. The SMILES string of the molecule is C=CCOc1cccc([C@H]2NC(=S)N(C)C(C)=C2C(=O)OCC)c1. The highest BCUT2D eigenvalue weighted by molar-refractivity contribution is 7.80. The molecule has 0 aliphatic carbocycles. The lowest BCUT2D eigenvalue weighted by atomic mass is 9.95. The fourth-order valence-electron chi connectivity index (χ4n) is 2.50. The van der Waals surface area contributed by atoms with Gasteiger partial charge in [-0.15, -0.1) is 0 Å². The van der Waals surface area contributed by atoms with E-state index >= 15 is 0 Å². The van der Waals surface area contributed by atoms with Crippen LogP contribution in [0, 0.1) is 0 Å². The van der Waals surface area contributed by atoms with Gasteiger partial charge in [-0.1, -0.05) is 24.8 Å². The van der Waals surface area contributed by atoms with Crippen molar-refractivity contribution in [2.75, 3.05) is 20.3 Å². The normalized spacial score (nSPS) is 17.4. The summed E-state index contributed by atoms with van der Waals surface area (Å²) in [6.45, 7) is 8.04. The summed E-state index contributed by atoms with van der Waals surface area (Å²) in [7, 11) is 1.82. The summed E-state index contributed by atoms with van der Waals surface area (Å²) in [6, 6.07) is 7.19. The lowest BCUT2D eigenvalue weighted by Crippen LogP contribution is -2.46. The standard InChI is InChI=1S/C18H22N2O3S/c1-5-10-23-14-9-7-8-13(11-14)16-15(17(21)22-6-2)12(3)20(4)18(24)19-16/h5,7-9,11,16H,1,6,10H2,2-4H3,(H,19,24)/t16-/m1/s1. The van der Waals surface area contributed by atoms with Crippen LogP contribution in [-0.4, -0.2) is 36.2 Å². The van der Waals surface area contributed by atoms with Gasteiger partial charge in [0.15, 0.2) is 5.11 Å². The highest BCUT2D eigenvalue weighted by Gasteiger charge is 2.33. The van der Waals surface area contributed by atoms with Crippen LogP contribution in [0.5, 0.6) is 5.75 Å². The number of thiocarbonyl (C=S) groups is 1. The van der Waals surface area contributed by atoms with Crippen molar-refractivity contribution in [3.63, 3.8) is 0 Å². The minimum Gasteiger partial charge on any atom is -0.490 e. The van der Waals surface area contributed by atoms with Gasteiger partial charge in [-0.2, -0.15) is 0 Å². The van der Waals surface area contributed by atoms with Gasteiger partial charge in [0.05, 0.1) is 18.2 Å². The minimum absolute atomic E-state index is 0.318. The van der Waals surface area contributed by atoms with Gasteiger partial charge < -0.3 is 19.7 Å². The number of hydrogen-bond acceptors (Lipinski definition) is 4. The molecule has 128 valence electrons. The molecule has 1 heterocycles. The van der Waals surface area contributed by atoms with E-state index in [9.17, 15) is 4.79 Å². The van der Waals surface area contributed by atoms with Gasteiger partial charge in [0.25, 0.3) is 0 Å². The van der Waals surface area contributed by atoms with E-state index in [-0.39, 0.29) is 12.0 Å². The number of benzene rings is 1. The molecule has 0 aromatic heterocycles. The van der Waals surface area contributed by atoms with E-state index < -0.39 is 0 Å². The molecule has 24 heavy (non-hydrogen) atoms. The molecule has 0 fully saturated rings. The molecule has 0 saturated carbocycles. The number of rotatable bonds is 6. The topological polar surface area (TPSA) is 50.8 Å². The molecular formula is C18H22N2O3S. The molecule has 0 bridgehead atoms. The lowest BCUT2D eigenvalue weighted by Gasteiger charge is -2.35. The fraction of sp³-hybridized carbons (Fsp3) is 0.333. The number of esters is 1. The molecule has 5 nitrogen and oxygen atoms in total. The first-order chi connectivity index (χ1) is 11.5. The molecule has 1 N–H and O–H groups in total. The lowest BCUT2D eigenvalue weighted by molar-refractivity contribution is -0.139. The molecule has 1 aliphatic rings. The minimum atomic E-state index is -0.375. The average Bonchev–Trinajstić information content (AvgIpc) is 2.58. The van der Waals surface area contributed by atoms with Gasteiger partial charge in [0.2, 0.25) is 0 Å². The van der Waals surface area contributed by atoms with E-state index in [0.29, 0.717) is 29.6 Å². The van der Waals surface area contributed by atoms with Gasteiger partial charge in [-0.3, -0.25) is 0 Å². The molecule has 2 rings (SSSR count). The second kappa shape index (κ2) is 7.97. The Kier molecular flexibility index (Phi) is 5.98. The summed E-state index contributed by atoms with van der Waals surface area (Å²) in [5.74, 6) is 0.360. The number of nitrogens with one attached hydrogen (secondary N) is 1. The van der Waals surface area contributed by atoms with Crippen LogP contribution in [0.25, 0.3) is 0 Å². The zero-order valence-corrected chi connectivity index (χ0v) is 15.0. The first-order valence-electron chi connectivity index (χ1n) is 7.75. The van der Waals surface area contributed by atoms with Gasteiger partial charge in [-0.05, 0) is 43.8 Å². The Balaban J connectivity index is 2.43. The summed E-state index contributed by atoms with van der Waals surface area (Å²) in [5, 5.41) is 3.77. The molecule has 0 amide bonds. The van der Waals surface area contributed by atoms with Gasteiger partial charge in [-0.25, -0.2) is 4.79 Å². The number of hydrogen-bond donors (Lipinski definition) is 1. The molecular weight excluding hydrogens is 324 g/mol. The van der Waals surface area contributed by atoms with Crippen molar-refractivity contribution in [1.82, 2.24) is 10.2 Å². The molecule has 1 aromatic rings. The van der Waals surface area contributed by atoms with Crippen LogP contribution in [0.4, 0.5) is 0 Å². The van der Waals surface area contributed by atoms with E-state index in [1.54, 1.807) is 17.9 Å². The van der Waals surface area contributed by atoms with E-state index in [1.165, 1.54) is 0 Å². The van der Waals surface area contributed by atoms with Crippen molar-refractivity contribution >= 4 is 23.3 Å². The van der Waals surface area contributed by atoms with Crippen LogP contribution in [0.2, 0.25) is 0 Å². The molecule has 1 aromatic carbocycles. The van der Waals surface area contributed by atoms with Crippen molar-refractivity contribution < 1.29 is 14.3 Å². The number of ether oxygens (including phenoxy) is 2. The predicted octanol–water partition coefficient (Wildman–Crippen LogP) is 2.95. The first-order valence-corrected chi connectivity index (χ1v) is 8.16. The molecule has 0 saturated heterocycles. The Hall–Kier alpha value is -2.34. The number of allylic oxidation sites excluding steroid dienone is 1. The second-order valence-electron chi connectivity index (χ2n) is 5.33. The zero-order valence-electron chi connectivity index (χ0n) is 14.2. The third kappa shape index (κ3) is 3.76. The second-order valence-corrected chi connectivity index (χ2v) is 5.72. The quantitative estimate of drug-likeness (QED) is 0.486. The van der Waals surface area contributed by atoms with Gasteiger partial charge in [0, 0.05) is 12.7 Å². The van der Waals surface area contributed by atoms with Gasteiger partial charge in [0.1, 0.15) is 12.4 Å². The Morgan fingerprint density at radius 1 is 1.50 bits per heavy atom. The predicted molar refractivity (Wildman–Crippen MR) is 97.7 cm³/mol. The maximum Gasteiger partial charge on any atom is 0.338 e. The van der Waals surface area contributed by atoms with Crippen molar-refractivity contribution in [1.29, 1.82) is 0 Å². The Morgan fingerprint density at radius 3 is 2.92 bits per heavy atom. The molecule has 1 aliphatic heterocycles. The highest BCUT2D eigenvalue weighted by atomic mass is 32.1. The van der Waals surface area contributed by atoms with Crippen LogP contribution in [0.15, 0.2) is 48.2 Å². The van der Waals surface area contributed by atoms with E-state index in [1.807, 2.05) is 38.2 Å². The third-order valence-corrected chi connectivity index (χ3v) is 4.20. The number of carbonyl (C=O) groups is 1. The molecule has 0 unspecified atom stereocenters. The average molecular weight is 346 g/mol. The largest absolute Gasteiger partial charge is 0.490 e. The smallest absolute Gasteiger partial charge is 0.338 e. The van der Waals surface area contributed by atoms with Crippen molar-refractivity contribution in [2.45, 2.75) is 19.9 Å². The summed E-state index contributed by atoms with van der Waals surface area (Å²) in [4.78, 5) is 14.2. The fourth-order valence-corrected chi connectivity index (χ4v) is 2.75. The number of nitrogens with zero attached hydrogens (tertiary/aromatic N) is 1. The Bertz CT molecular complexity index is 685. The Labute approximate surface area is 147 Å². The Morgan fingerprint density at radius 2 is 2.25 bits per heavy atom. The maximum absolute atomic E-state index is 12.5. The third-order valence-electron chi connectivity index (χ3n) is 3.81. The van der Waals surface area contributed by atoms with E-state index in [2.05, 4.69) is 11.9 Å². The first kappa shape index (κ1) is 18.0. The van der Waals surface area contributed by atoms with Gasteiger partial charge >= 0.3 is 5.97 Å². The van der Waals surface area contributed by atoms with Crippen molar-refractivity contribution in [3.05, 3.63) is 53.8 Å². The molecule has 0 radical (unpaired) electrons.